The summed E-state index contributed by atoms with van der Waals surface area (Å²) >= 11 is 1.47. The van der Waals surface area contributed by atoms with Gasteiger partial charge in [0.05, 0.1) is 5.92 Å². The van der Waals surface area contributed by atoms with Gasteiger partial charge in [0.25, 0.3) is 0 Å². The van der Waals surface area contributed by atoms with Gasteiger partial charge < -0.3 is 10.0 Å². The fourth-order valence-electron chi connectivity index (χ4n) is 2.53. The zero-order valence-electron chi connectivity index (χ0n) is 11.3. The number of Topliss-reactive ketones (excluding diaryl/α,β-unsaturated/α-hetero) is 1. The number of rotatable bonds is 3. The third-order valence-electron chi connectivity index (χ3n) is 3.40. The first kappa shape index (κ1) is 14.0. The smallest absolute Gasteiger partial charge is 0.308 e. The first-order valence-electron chi connectivity index (χ1n) is 6.34. The van der Waals surface area contributed by atoms with Crippen LogP contribution >= 0.6 is 11.3 Å². The maximum absolute atomic E-state index is 11.4. The molecule has 6 heteroatoms. The highest BCUT2D eigenvalue weighted by Gasteiger charge is 2.31. The average Bonchev–Trinajstić information content (AvgIpc) is 2.70. The van der Waals surface area contributed by atoms with Crippen molar-refractivity contribution in [1.82, 2.24) is 4.98 Å². The summed E-state index contributed by atoms with van der Waals surface area (Å²) in [6.45, 7) is 6.71. The highest BCUT2D eigenvalue weighted by molar-refractivity contribution is 7.15. The van der Waals surface area contributed by atoms with E-state index in [-0.39, 0.29) is 11.7 Å². The largest absolute Gasteiger partial charge is 0.481 e. The molecular weight excluding hydrogens is 264 g/mol. The van der Waals surface area contributed by atoms with Crippen LogP contribution < -0.4 is 4.90 Å². The van der Waals surface area contributed by atoms with Crippen molar-refractivity contribution in [3.8, 4) is 0 Å². The van der Waals surface area contributed by atoms with Crippen LogP contribution in [0.5, 0.6) is 0 Å². The minimum atomic E-state index is -0.753. The Hall–Kier alpha value is -1.43. The molecule has 0 aliphatic carbocycles. The molecule has 2 rings (SSSR count). The zero-order chi connectivity index (χ0) is 14.2. The Kier molecular flexibility index (Phi) is 3.89. The van der Waals surface area contributed by atoms with Gasteiger partial charge in [-0.05, 0) is 19.3 Å². The lowest BCUT2D eigenvalue weighted by molar-refractivity contribution is -0.142. The molecule has 0 aromatic carbocycles. The van der Waals surface area contributed by atoms with E-state index in [1.54, 1.807) is 0 Å². The molecule has 104 valence electrons. The van der Waals surface area contributed by atoms with E-state index in [1.165, 1.54) is 18.3 Å². The van der Waals surface area contributed by atoms with Crippen LogP contribution in [0.3, 0.4) is 0 Å². The van der Waals surface area contributed by atoms with Crippen molar-refractivity contribution in [1.29, 1.82) is 0 Å². The van der Waals surface area contributed by atoms with E-state index >= 15 is 0 Å². The lowest BCUT2D eigenvalue weighted by Gasteiger charge is -2.34. The van der Waals surface area contributed by atoms with Gasteiger partial charge in [-0.25, -0.2) is 4.98 Å². The second-order valence-electron chi connectivity index (χ2n) is 5.24. The molecule has 19 heavy (non-hydrogen) atoms. The Balaban J connectivity index is 2.23. The number of hydrogen-bond acceptors (Lipinski definition) is 5. The Morgan fingerprint density at radius 2 is 2.11 bits per heavy atom. The fourth-order valence-corrected chi connectivity index (χ4v) is 3.51. The molecule has 0 bridgehead atoms. The number of piperidine rings is 1. The van der Waals surface area contributed by atoms with Gasteiger partial charge in [-0.1, -0.05) is 6.92 Å². The predicted molar refractivity (Wildman–Crippen MR) is 74.0 cm³/mol. The Morgan fingerprint density at radius 3 is 2.63 bits per heavy atom. The fraction of sp³-hybridized carbons (Fsp3) is 0.615. The number of anilines is 1. The molecule has 1 saturated heterocycles. The number of ketones is 1. The van der Waals surface area contributed by atoms with Gasteiger partial charge in [-0.2, -0.15) is 0 Å². The molecule has 1 aliphatic heterocycles. The molecular formula is C13H18N2O3S. The second-order valence-corrected chi connectivity index (χ2v) is 6.42. The summed E-state index contributed by atoms with van der Waals surface area (Å²) in [5.74, 6) is -0.829. The Bertz CT molecular complexity index is 512. The predicted octanol–water partition coefficient (Wildman–Crippen LogP) is 2.20. The highest BCUT2D eigenvalue weighted by atomic mass is 32.1. The van der Waals surface area contributed by atoms with Crippen molar-refractivity contribution in [3.05, 3.63) is 10.6 Å². The number of thiazole rings is 1. The minimum Gasteiger partial charge on any atom is -0.481 e. The van der Waals surface area contributed by atoms with Crippen LogP contribution in [0, 0.1) is 18.8 Å². The Morgan fingerprint density at radius 1 is 1.42 bits per heavy atom. The molecule has 1 aromatic heterocycles. The van der Waals surface area contributed by atoms with Gasteiger partial charge >= 0.3 is 5.97 Å². The average molecular weight is 282 g/mol. The molecule has 0 amide bonds. The van der Waals surface area contributed by atoms with Crippen molar-refractivity contribution in [3.63, 3.8) is 0 Å². The van der Waals surface area contributed by atoms with Gasteiger partial charge in [0.2, 0.25) is 0 Å². The number of nitrogens with zero attached hydrogens (tertiary/aromatic N) is 2. The molecule has 0 spiro atoms. The SMILES string of the molecule is CC(=O)c1nc(N2CC(C)CC(C(=O)O)C2)sc1C. The normalized spacial score (nSPS) is 23.4. The first-order chi connectivity index (χ1) is 8.88. The number of carbonyl (C=O) groups is 2. The van der Waals surface area contributed by atoms with Gasteiger partial charge in [-0.15, -0.1) is 11.3 Å². The van der Waals surface area contributed by atoms with Crippen molar-refractivity contribution in [2.45, 2.75) is 27.2 Å². The van der Waals surface area contributed by atoms with Gasteiger partial charge in [0, 0.05) is 24.9 Å². The van der Waals surface area contributed by atoms with Crippen LogP contribution in [-0.2, 0) is 4.79 Å². The van der Waals surface area contributed by atoms with E-state index < -0.39 is 5.97 Å². The number of aliphatic carboxylic acids is 1. The summed E-state index contributed by atoms with van der Waals surface area (Å²) < 4.78 is 0. The summed E-state index contributed by atoms with van der Waals surface area (Å²) in [4.78, 5) is 29.8. The number of aromatic nitrogens is 1. The van der Waals surface area contributed by atoms with Crippen molar-refractivity contribution >= 4 is 28.2 Å². The van der Waals surface area contributed by atoms with E-state index in [0.717, 1.165) is 16.6 Å². The zero-order valence-corrected chi connectivity index (χ0v) is 12.2. The monoisotopic (exact) mass is 282 g/mol. The van der Waals surface area contributed by atoms with Crippen molar-refractivity contribution < 1.29 is 14.7 Å². The maximum Gasteiger partial charge on any atom is 0.308 e. The van der Waals surface area contributed by atoms with Crippen molar-refractivity contribution in [2.24, 2.45) is 11.8 Å². The summed E-state index contributed by atoms with van der Waals surface area (Å²) in [7, 11) is 0. The van der Waals surface area contributed by atoms with Crippen LogP contribution in [0.15, 0.2) is 0 Å². The van der Waals surface area contributed by atoms with E-state index in [1.807, 2.05) is 11.8 Å². The van der Waals surface area contributed by atoms with Crippen molar-refractivity contribution in [2.75, 3.05) is 18.0 Å². The quantitative estimate of drug-likeness (QED) is 0.861. The molecule has 5 nitrogen and oxygen atoms in total. The molecule has 0 saturated carbocycles. The topological polar surface area (TPSA) is 70.5 Å². The summed E-state index contributed by atoms with van der Waals surface area (Å²) in [6.07, 6.45) is 0.704. The molecule has 2 atom stereocenters. The van der Waals surface area contributed by atoms with Crippen LogP contribution in [-0.4, -0.2) is 34.9 Å². The number of carbonyl (C=O) groups excluding carboxylic acids is 1. The standard InChI is InChI=1S/C13H18N2O3S/c1-7-4-10(12(17)18)6-15(5-7)13-14-11(8(2)16)9(3)19-13/h7,10H,4-6H2,1-3H3,(H,17,18). The van der Waals surface area contributed by atoms with Gasteiger partial charge in [-0.3, -0.25) is 9.59 Å². The number of carboxylic acids is 1. The highest BCUT2D eigenvalue weighted by Crippen LogP contribution is 2.31. The summed E-state index contributed by atoms with van der Waals surface area (Å²) in [6, 6.07) is 0. The summed E-state index contributed by atoms with van der Waals surface area (Å²) in [5.41, 5.74) is 0.505. The third kappa shape index (κ3) is 2.94. The molecule has 2 heterocycles. The van der Waals surface area contributed by atoms with Gasteiger partial charge in [0.1, 0.15) is 5.69 Å². The maximum atomic E-state index is 11.4. The van der Waals surface area contributed by atoms with E-state index in [4.69, 9.17) is 0 Å². The lowest BCUT2D eigenvalue weighted by atomic mass is 9.91. The number of hydrogen-bond donors (Lipinski definition) is 1. The number of aryl methyl sites for hydroxylation is 1. The van der Waals surface area contributed by atoms with Crippen LogP contribution in [0.2, 0.25) is 0 Å². The minimum absolute atomic E-state index is 0.0418. The molecule has 2 unspecified atom stereocenters. The second kappa shape index (κ2) is 5.28. The van der Waals surface area contributed by atoms with E-state index in [2.05, 4.69) is 11.9 Å². The molecule has 0 radical (unpaired) electrons. The molecule has 1 aromatic rings. The Labute approximate surface area is 116 Å². The van der Waals surface area contributed by atoms with Gasteiger partial charge in [0.15, 0.2) is 10.9 Å². The molecule has 1 N–H and O–H groups in total. The lowest BCUT2D eigenvalue weighted by Crippen LogP contribution is -2.42. The number of carboxylic acid groups (broad SMARTS) is 1. The van der Waals surface area contributed by atoms with Crippen LogP contribution in [0.4, 0.5) is 5.13 Å². The molecule has 1 fully saturated rings. The van der Waals surface area contributed by atoms with E-state index in [9.17, 15) is 14.7 Å². The van der Waals surface area contributed by atoms with Crippen LogP contribution in [0.1, 0.15) is 35.6 Å². The molecule has 1 aliphatic rings. The third-order valence-corrected chi connectivity index (χ3v) is 4.43. The van der Waals surface area contributed by atoms with Crippen LogP contribution in [0.25, 0.3) is 0 Å². The van der Waals surface area contributed by atoms with E-state index in [0.29, 0.717) is 24.6 Å². The first-order valence-corrected chi connectivity index (χ1v) is 7.16. The summed E-state index contributed by atoms with van der Waals surface area (Å²) in [5, 5.41) is 9.94.